The van der Waals surface area contributed by atoms with Crippen LogP contribution in [-0.4, -0.2) is 17.4 Å². The standard InChI is InChI=1S/C19H22FNO3/c1-13-18(12-23-17-4-2-3-14(11-17)9-10-22)21-19(24-13)15-5-7-16(20)8-6-15/h5-8,10,14,17H,2-4,9,11-12H2,1H3. The maximum atomic E-state index is 13.0. The van der Waals surface area contributed by atoms with Crippen LogP contribution in [0.1, 0.15) is 43.6 Å². The molecule has 2 atom stereocenters. The lowest BCUT2D eigenvalue weighted by Gasteiger charge is -2.27. The third-order valence-corrected chi connectivity index (χ3v) is 4.60. The summed E-state index contributed by atoms with van der Waals surface area (Å²) >= 11 is 0. The molecule has 0 radical (unpaired) electrons. The van der Waals surface area contributed by atoms with Crippen molar-refractivity contribution in [3.05, 3.63) is 41.5 Å². The Bertz CT molecular complexity index is 680. The Morgan fingerprint density at radius 1 is 1.33 bits per heavy atom. The van der Waals surface area contributed by atoms with Crippen LogP contribution >= 0.6 is 0 Å². The molecule has 24 heavy (non-hydrogen) atoms. The Balaban J connectivity index is 1.61. The van der Waals surface area contributed by atoms with Crippen LogP contribution in [0.2, 0.25) is 0 Å². The minimum absolute atomic E-state index is 0.175. The molecular formula is C19H22FNO3. The highest BCUT2D eigenvalue weighted by Gasteiger charge is 2.23. The van der Waals surface area contributed by atoms with E-state index in [9.17, 15) is 9.18 Å². The van der Waals surface area contributed by atoms with Gasteiger partial charge in [0.15, 0.2) is 0 Å². The number of oxazole rings is 1. The van der Waals surface area contributed by atoms with E-state index >= 15 is 0 Å². The van der Waals surface area contributed by atoms with Crippen LogP contribution in [0.3, 0.4) is 0 Å². The summed E-state index contributed by atoms with van der Waals surface area (Å²) in [5, 5.41) is 0. The largest absolute Gasteiger partial charge is 0.441 e. The molecule has 1 aliphatic rings. The third-order valence-electron chi connectivity index (χ3n) is 4.60. The number of hydrogen-bond acceptors (Lipinski definition) is 4. The molecule has 0 saturated heterocycles. The quantitative estimate of drug-likeness (QED) is 0.734. The van der Waals surface area contributed by atoms with Gasteiger partial charge >= 0.3 is 0 Å². The maximum absolute atomic E-state index is 13.0. The molecule has 0 aliphatic heterocycles. The van der Waals surface area contributed by atoms with Gasteiger partial charge in [-0.25, -0.2) is 9.37 Å². The Labute approximate surface area is 141 Å². The Morgan fingerprint density at radius 3 is 2.88 bits per heavy atom. The zero-order valence-electron chi connectivity index (χ0n) is 13.8. The van der Waals surface area contributed by atoms with Gasteiger partial charge in [-0.2, -0.15) is 0 Å². The van der Waals surface area contributed by atoms with E-state index < -0.39 is 0 Å². The minimum atomic E-state index is -0.284. The normalized spacial score (nSPS) is 20.9. The van der Waals surface area contributed by atoms with Gasteiger partial charge in [-0.05, 0) is 56.4 Å². The van der Waals surface area contributed by atoms with E-state index in [2.05, 4.69) is 4.98 Å². The lowest BCUT2D eigenvalue weighted by Crippen LogP contribution is -2.23. The smallest absolute Gasteiger partial charge is 0.226 e. The van der Waals surface area contributed by atoms with Crippen LogP contribution in [0.25, 0.3) is 11.5 Å². The molecule has 0 bridgehead atoms. The fourth-order valence-corrected chi connectivity index (χ4v) is 3.22. The third kappa shape index (κ3) is 4.09. The Kier molecular flexibility index (Phi) is 5.41. The van der Waals surface area contributed by atoms with E-state index in [1.54, 1.807) is 12.1 Å². The number of nitrogens with zero attached hydrogens (tertiary/aromatic N) is 1. The van der Waals surface area contributed by atoms with E-state index in [1.165, 1.54) is 12.1 Å². The van der Waals surface area contributed by atoms with E-state index in [-0.39, 0.29) is 11.9 Å². The molecule has 1 aromatic heterocycles. The maximum Gasteiger partial charge on any atom is 0.226 e. The lowest BCUT2D eigenvalue weighted by molar-refractivity contribution is -0.109. The molecule has 128 valence electrons. The molecule has 4 nitrogen and oxygen atoms in total. The van der Waals surface area contributed by atoms with Gasteiger partial charge in [0.2, 0.25) is 5.89 Å². The van der Waals surface area contributed by atoms with Crippen LogP contribution in [0.4, 0.5) is 4.39 Å². The van der Waals surface area contributed by atoms with Gasteiger partial charge in [0.05, 0.1) is 12.7 Å². The number of rotatable bonds is 6. The number of aromatic nitrogens is 1. The summed E-state index contributed by atoms with van der Waals surface area (Å²) in [7, 11) is 0. The highest BCUT2D eigenvalue weighted by Crippen LogP contribution is 2.29. The van der Waals surface area contributed by atoms with Crippen molar-refractivity contribution < 1.29 is 18.3 Å². The first-order valence-corrected chi connectivity index (χ1v) is 8.43. The second-order valence-electron chi connectivity index (χ2n) is 6.40. The molecule has 1 heterocycles. The number of halogens is 1. The molecule has 3 rings (SSSR count). The van der Waals surface area contributed by atoms with Crippen molar-refractivity contribution in [1.29, 1.82) is 0 Å². The van der Waals surface area contributed by atoms with Crippen LogP contribution in [0, 0.1) is 18.7 Å². The van der Waals surface area contributed by atoms with Crippen LogP contribution in [-0.2, 0) is 16.1 Å². The summed E-state index contributed by atoms with van der Waals surface area (Å²) in [6.45, 7) is 2.25. The van der Waals surface area contributed by atoms with Crippen LogP contribution in [0.5, 0.6) is 0 Å². The molecular weight excluding hydrogens is 309 g/mol. The first kappa shape index (κ1) is 16.8. The number of carbonyl (C=O) groups excluding carboxylic acids is 1. The number of carbonyl (C=O) groups is 1. The van der Waals surface area contributed by atoms with Gasteiger partial charge < -0.3 is 13.9 Å². The molecule has 1 aliphatic carbocycles. The van der Waals surface area contributed by atoms with Gasteiger partial charge in [-0.1, -0.05) is 6.42 Å². The van der Waals surface area contributed by atoms with Gasteiger partial charge in [0, 0.05) is 12.0 Å². The number of benzene rings is 1. The summed E-state index contributed by atoms with van der Waals surface area (Å²) < 4.78 is 24.7. The van der Waals surface area contributed by atoms with E-state index in [4.69, 9.17) is 9.15 Å². The molecule has 0 spiro atoms. The average molecular weight is 331 g/mol. The topological polar surface area (TPSA) is 52.3 Å². The summed E-state index contributed by atoms with van der Waals surface area (Å²) in [5.41, 5.74) is 1.52. The minimum Gasteiger partial charge on any atom is -0.441 e. The highest BCUT2D eigenvalue weighted by molar-refractivity contribution is 5.53. The molecule has 1 aromatic carbocycles. The fraction of sp³-hybridized carbons (Fsp3) is 0.474. The number of aldehydes is 1. The predicted molar refractivity (Wildman–Crippen MR) is 87.9 cm³/mol. The molecule has 0 N–H and O–H groups in total. The van der Waals surface area contributed by atoms with Gasteiger partial charge in [-0.15, -0.1) is 0 Å². The second-order valence-corrected chi connectivity index (χ2v) is 6.40. The fourth-order valence-electron chi connectivity index (χ4n) is 3.22. The monoisotopic (exact) mass is 331 g/mol. The van der Waals surface area contributed by atoms with E-state index in [1.807, 2.05) is 6.92 Å². The zero-order valence-corrected chi connectivity index (χ0v) is 13.8. The van der Waals surface area contributed by atoms with Crippen molar-refractivity contribution in [3.63, 3.8) is 0 Å². The zero-order chi connectivity index (χ0) is 16.9. The first-order chi connectivity index (χ1) is 11.7. The molecule has 0 amide bonds. The first-order valence-electron chi connectivity index (χ1n) is 8.43. The number of hydrogen-bond donors (Lipinski definition) is 0. The molecule has 1 saturated carbocycles. The molecule has 5 heteroatoms. The van der Waals surface area contributed by atoms with Crippen LogP contribution < -0.4 is 0 Å². The lowest BCUT2D eigenvalue weighted by atomic mass is 9.85. The van der Waals surface area contributed by atoms with Crippen LogP contribution in [0.15, 0.2) is 28.7 Å². The van der Waals surface area contributed by atoms with Crippen molar-refractivity contribution >= 4 is 6.29 Å². The van der Waals surface area contributed by atoms with Crippen molar-refractivity contribution in [1.82, 2.24) is 4.98 Å². The summed E-state index contributed by atoms with van der Waals surface area (Å²) in [5.74, 6) is 1.35. The van der Waals surface area contributed by atoms with Gasteiger partial charge in [0.25, 0.3) is 0 Å². The average Bonchev–Trinajstić information content (AvgIpc) is 2.95. The van der Waals surface area contributed by atoms with Crippen molar-refractivity contribution in [2.75, 3.05) is 0 Å². The highest BCUT2D eigenvalue weighted by atomic mass is 19.1. The summed E-state index contributed by atoms with van der Waals surface area (Å²) in [6, 6.07) is 6.08. The van der Waals surface area contributed by atoms with Gasteiger partial charge in [0.1, 0.15) is 23.6 Å². The van der Waals surface area contributed by atoms with Crippen molar-refractivity contribution in [3.8, 4) is 11.5 Å². The molecule has 1 fully saturated rings. The van der Waals surface area contributed by atoms with E-state index in [0.717, 1.165) is 49.0 Å². The summed E-state index contributed by atoms with van der Waals surface area (Å²) in [4.78, 5) is 15.2. The predicted octanol–water partition coefficient (Wildman–Crippen LogP) is 4.45. The van der Waals surface area contributed by atoms with E-state index in [0.29, 0.717) is 24.8 Å². The SMILES string of the molecule is Cc1oc(-c2ccc(F)cc2)nc1COC1CCCC(CC=O)C1. The van der Waals surface area contributed by atoms with Gasteiger partial charge in [-0.3, -0.25) is 0 Å². The Morgan fingerprint density at radius 2 is 2.12 bits per heavy atom. The second kappa shape index (κ2) is 7.71. The summed E-state index contributed by atoms with van der Waals surface area (Å²) in [6.07, 6.45) is 5.96. The van der Waals surface area contributed by atoms with Crippen molar-refractivity contribution in [2.24, 2.45) is 5.92 Å². The Hall–Kier alpha value is -2.01. The molecule has 2 aromatic rings. The number of aryl methyl sites for hydroxylation is 1. The number of ether oxygens (including phenoxy) is 1. The molecule has 2 unspecified atom stereocenters. The van der Waals surface area contributed by atoms with Crippen molar-refractivity contribution in [2.45, 2.75) is 51.7 Å².